The van der Waals surface area contributed by atoms with E-state index in [9.17, 15) is 9.90 Å². The molecule has 6 heteroatoms. The number of piperidine rings is 1. The molecule has 0 aromatic carbocycles. The van der Waals surface area contributed by atoms with Crippen LogP contribution in [0.3, 0.4) is 0 Å². The summed E-state index contributed by atoms with van der Waals surface area (Å²) in [5, 5.41) is 10.7. The molecule has 1 aromatic rings. The number of rotatable bonds is 5. The van der Waals surface area contributed by atoms with Crippen LogP contribution in [-0.2, 0) is 6.42 Å². The monoisotopic (exact) mass is 306 g/mol. The highest BCUT2D eigenvalue weighted by Gasteiger charge is 2.36. The summed E-state index contributed by atoms with van der Waals surface area (Å²) in [4.78, 5) is 24.7. The average Bonchev–Trinajstić information content (AvgIpc) is 2.46. The van der Waals surface area contributed by atoms with Gasteiger partial charge in [0.1, 0.15) is 6.33 Å². The number of carbonyl (C=O) groups is 1. The van der Waals surface area contributed by atoms with E-state index in [1.165, 1.54) is 6.33 Å². The van der Waals surface area contributed by atoms with Gasteiger partial charge in [-0.05, 0) is 33.4 Å². The first-order valence-corrected chi connectivity index (χ1v) is 7.90. The quantitative estimate of drug-likeness (QED) is 0.877. The Labute approximate surface area is 132 Å². The van der Waals surface area contributed by atoms with Crippen molar-refractivity contribution in [2.45, 2.75) is 38.2 Å². The lowest BCUT2D eigenvalue weighted by atomic mass is 9.92. The third-order valence-electron chi connectivity index (χ3n) is 3.97. The Kier molecular flexibility index (Phi) is 5.47. The van der Waals surface area contributed by atoms with Gasteiger partial charge in [0.25, 0.3) is 5.91 Å². The van der Waals surface area contributed by atoms with E-state index >= 15 is 0 Å². The maximum Gasteiger partial charge on any atom is 0.257 e. The Balaban J connectivity index is 2.15. The molecule has 2 heterocycles. The Morgan fingerprint density at radius 2 is 2.27 bits per heavy atom. The van der Waals surface area contributed by atoms with Crippen LogP contribution in [0.5, 0.6) is 0 Å². The van der Waals surface area contributed by atoms with Crippen molar-refractivity contribution < 1.29 is 9.90 Å². The number of likely N-dealkylation sites (N-methyl/N-ethyl adjacent to an activating group) is 1. The smallest absolute Gasteiger partial charge is 0.257 e. The Morgan fingerprint density at radius 1 is 1.50 bits per heavy atom. The summed E-state index contributed by atoms with van der Waals surface area (Å²) in [7, 11) is 3.87. The van der Waals surface area contributed by atoms with Crippen LogP contribution in [-0.4, -0.2) is 70.1 Å². The number of hydrogen-bond acceptors (Lipinski definition) is 5. The molecule has 6 nitrogen and oxygen atoms in total. The molecule has 1 atom stereocenters. The maximum atomic E-state index is 12.8. The summed E-state index contributed by atoms with van der Waals surface area (Å²) in [5.41, 5.74) is 0.528. The van der Waals surface area contributed by atoms with Gasteiger partial charge in [-0.2, -0.15) is 0 Å². The third-order valence-corrected chi connectivity index (χ3v) is 3.97. The van der Waals surface area contributed by atoms with E-state index in [2.05, 4.69) is 16.9 Å². The molecule has 1 saturated heterocycles. The van der Waals surface area contributed by atoms with Gasteiger partial charge in [0, 0.05) is 19.3 Å². The number of nitrogens with zero attached hydrogens (tertiary/aromatic N) is 4. The van der Waals surface area contributed by atoms with Gasteiger partial charge in [-0.15, -0.1) is 0 Å². The van der Waals surface area contributed by atoms with Crippen molar-refractivity contribution in [3.05, 3.63) is 23.8 Å². The number of carbonyl (C=O) groups excluding carboxylic acids is 1. The van der Waals surface area contributed by atoms with E-state index in [-0.39, 0.29) is 5.91 Å². The number of β-amino-alcohol motifs (C(OH)–C–C–N with tert-alkyl or cyclic N) is 1. The minimum absolute atomic E-state index is 0.0686. The van der Waals surface area contributed by atoms with Crippen LogP contribution < -0.4 is 0 Å². The number of amides is 1. The minimum Gasteiger partial charge on any atom is -0.387 e. The van der Waals surface area contributed by atoms with Crippen molar-refractivity contribution in [3.63, 3.8) is 0 Å². The van der Waals surface area contributed by atoms with Crippen molar-refractivity contribution in [1.29, 1.82) is 0 Å². The molecule has 122 valence electrons. The summed E-state index contributed by atoms with van der Waals surface area (Å²) in [6, 6.07) is 0. The zero-order chi connectivity index (χ0) is 16.2. The van der Waals surface area contributed by atoms with E-state index in [4.69, 9.17) is 0 Å². The van der Waals surface area contributed by atoms with E-state index in [1.54, 1.807) is 11.1 Å². The molecule has 22 heavy (non-hydrogen) atoms. The molecule has 1 aliphatic heterocycles. The third kappa shape index (κ3) is 4.01. The van der Waals surface area contributed by atoms with Gasteiger partial charge in [-0.25, -0.2) is 9.97 Å². The number of hydrogen-bond donors (Lipinski definition) is 1. The molecule has 1 unspecified atom stereocenters. The Hall–Kier alpha value is -1.53. The van der Waals surface area contributed by atoms with Crippen molar-refractivity contribution in [2.24, 2.45) is 0 Å². The van der Waals surface area contributed by atoms with Crippen LogP contribution in [0.1, 0.15) is 42.2 Å². The summed E-state index contributed by atoms with van der Waals surface area (Å²) in [5.74, 6) is -0.0686. The van der Waals surface area contributed by atoms with Crippen molar-refractivity contribution >= 4 is 5.91 Å². The van der Waals surface area contributed by atoms with Crippen molar-refractivity contribution in [3.8, 4) is 0 Å². The second-order valence-electron chi connectivity index (χ2n) is 6.43. The topological polar surface area (TPSA) is 69.6 Å². The molecule has 0 saturated carbocycles. The number of aliphatic hydroxyl groups is 1. The fraction of sp³-hybridized carbons (Fsp3) is 0.688. The molecular weight excluding hydrogens is 280 g/mol. The molecule has 1 aliphatic rings. The first-order chi connectivity index (χ1) is 10.4. The minimum atomic E-state index is -0.835. The Bertz CT molecular complexity index is 521. The molecule has 0 bridgehead atoms. The van der Waals surface area contributed by atoms with Gasteiger partial charge in [0.05, 0.1) is 23.4 Å². The number of aryl methyl sites for hydroxylation is 1. The fourth-order valence-electron chi connectivity index (χ4n) is 3.14. The van der Waals surface area contributed by atoms with Gasteiger partial charge < -0.3 is 14.9 Å². The summed E-state index contributed by atoms with van der Waals surface area (Å²) >= 11 is 0. The van der Waals surface area contributed by atoms with Crippen LogP contribution in [0, 0.1) is 0 Å². The number of likely N-dealkylation sites (tertiary alicyclic amines) is 1. The van der Waals surface area contributed by atoms with Gasteiger partial charge in [0.2, 0.25) is 0 Å². The van der Waals surface area contributed by atoms with Gasteiger partial charge in [-0.3, -0.25) is 4.79 Å². The molecule has 1 aromatic heterocycles. The predicted molar refractivity (Wildman–Crippen MR) is 84.7 cm³/mol. The lowest BCUT2D eigenvalue weighted by molar-refractivity contribution is -0.0392. The predicted octanol–water partition coefficient (Wildman–Crippen LogP) is 0.958. The van der Waals surface area contributed by atoms with Crippen LogP contribution in [0.15, 0.2) is 12.5 Å². The van der Waals surface area contributed by atoms with Crippen molar-refractivity contribution in [1.82, 2.24) is 19.8 Å². The lowest BCUT2D eigenvalue weighted by Gasteiger charge is -2.40. The van der Waals surface area contributed by atoms with Gasteiger partial charge in [0.15, 0.2) is 0 Å². The molecule has 0 spiro atoms. The maximum absolute atomic E-state index is 12.8. The highest BCUT2D eigenvalue weighted by molar-refractivity contribution is 5.95. The zero-order valence-electron chi connectivity index (χ0n) is 13.7. The molecular formula is C16H26N4O2. The largest absolute Gasteiger partial charge is 0.387 e. The highest BCUT2D eigenvalue weighted by atomic mass is 16.3. The number of aromatic nitrogens is 2. The Morgan fingerprint density at radius 3 is 2.95 bits per heavy atom. The SMILES string of the molecule is CCCc1ncncc1C(=O)N1CCCC(O)(CN(C)C)C1. The van der Waals surface area contributed by atoms with Crippen LogP contribution in [0.2, 0.25) is 0 Å². The molecule has 0 aliphatic carbocycles. The second-order valence-corrected chi connectivity index (χ2v) is 6.43. The van der Waals surface area contributed by atoms with Crippen LogP contribution in [0.25, 0.3) is 0 Å². The van der Waals surface area contributed by atoms with E-state index < -0.39 is 5.60 Å². The first kappa shape index (κ1) is 16.8. The highest BCUT2D eigenvalue weighted by Crippen LogP contribution is 2.23. The summed E-state index contributed by atoms with van der Waals surface area (Å²) in [6.45, 7) is 3.66. The van der Waals surface area contributed by atoms with Gasteiger partial charge in [-0.1, -0.05) is 13.3 Å². The lowest BCUT2D eigenvalue weighted by Crippen LogP contribution is -2.54. The summed E-state index contributed by atoms with van der Waals surface area (Å²) in [6.07, 6.45) is 6.32. The normalized spacial score (nSPS) is 22.1. The fourth-order valence-corrected chi connectivity index (χ4v) is 3.14. The second kappa shape index (κ2) is 7.15. The molecule has 1 amide bonds. The van der Waals surface area contributed by atoms with E-state index in [0.717, 1.165) is 31.4 Å². The van der Waals surface area contributed by atoms with E-state index in [1.807, 2.05) is 19.0 Å². The standard InChI is InChI=1S/C16H26N4O2/c1-4-6-14-13(9-17-12-18-14)15(21)20-8-5-7-16(22,11-20)10-19(2)3/h9,12,22H,4-8,10-11H2,1-3H3. The molecule has 1 fully saturated rings. The molecule has 1 N–H and O–H groups in total. The zero-order valence-corrected chi connectivity index (χ0v) is 13.7. The average molecular weight is 306 g/mol. The van der Waals surface area contributed by atoms with Crippen molar-refractivity contribution in [2.75, 3.05) is 33.7 Å². The first-order valence-electron chi connectivity index (χ1n) is 7.90. The van der Waals surface area contributed by atoms with Crippen LogP contribution >= 0.6 is 0 Å². The van der Waals surface area contributed by atoms with Crippen LogP contribution in [0.4, 0.5) is 0 Å². The van der Waals surface area contributed by atoms with E-state index in [0.29, 0.717) is 25.2 Å². The summed E-state index contributed by atoms with van der Waals surface area (Å²) < 4.78 is 0. The molecule has 2 rings (SSSR count). The van der Waals surface area contributed by atoms with Gasteiger partial charge >= 0.3 is 0 Å². The molecule has 0 radical (unpaired) electrons.